The summed E-state index contributed by atoms with van der Waals surface area (Å²) in [7, 11) is -1.92. The third-order valence-corrected chi connectivity index (χ3v) is 4.84. The zero-order valence-electron chi connectivity index (χ0n) is 12.0. The molecule has 1 rings (SSSR count). The van der Waals surface area contributed by atoms with Crippen molar-refractivity contribution in [1.29, 1.82) is 0 Å². The maximum atomic E-state index is 12.1. The van der Waals surface area contributed by atoms with E-state index >= 15 is 0 Å². The van der Waals surface area contributed by atoms with Crippen molar-refractivity contribution < 1.29 is 18.3 Å². The highest BCUT2D eigenvalue weighted by atomic mass is 32.2. The molecule has 1 fully saturated rings. The molecule has 1 aliphatic rings. The van der Waals surface area contributed by atoms with Crippen molar-refractivity contribution in [3.05, 3.63) is 0 Å². The molecule has 0 aliphatic carbocycles. The van der Waals surface area contributed by atoms with Crippen LogP contribution in [0.5, 0.6) is 0 Å². The van der Waals surface area contributed by atoms with Crippen LogP contribution in [-0.4, -0.2) is 57.3 Å². The Labute approximate surface area is 116 Å². The van der Waals surface area contributed by atoms with Crippen molar-refractivity contribution in [3.63, 3.8) is 0 Å². The van der Waals surface area contributed by atoms with Crippen LogP contribution < -0.4 is 4.72 Å². The SMILES string of the molecule is COCC(O)CCNS(=O)(=O)N1CC(C)CC(C)C1. The smallest absolute Gasteiger partial charge is 0.279 e. The van der Waals surface area contributed by atoms with Crippen LogP contribution in [0.25, 0.3) is 0 Å². The summed E-state index contributed by atoms with van der Waals surface area (Å²) in [5.41, 5.74) is 0. The predicted octanol–water partition coefficient (Wildman–Crippen LogP) is 0.196. The van der Waals surface area contributed by atoms with E-state index in [0.717, 1.165) is 6.42 Å². The first-order chi connectivity index (χ1) is 8.85. The molecule has 0 spiro atoms. The van der Waals surface area contributed by atoms with Crippen molar-refractivity contribution >= 4 is 10.2 Å². The Morgan fingerprint density at radius 1 is 1.37 bits per heavy atom. The van der Waals surface area contributed by atoms with Gasteiger partial charge in [0, 0.05) is 26.7 Å². The summed E-state index contributed by atoms with van der Waals surface area (Å²) in [6, 6.07) is 0. The van der Waals surface area contributed by atoms with Gasteiger partial charge in [-0.15, -0.1) is 0 Å². The third-order valence-electron chi connectivity index (χ3n) is 3.30. The van der Waals surface area contributed by atoms with Crippen molar-refractivity contribution in [2.75, 3.05) is 33.4 Å². The van der Waals surface area contributed by atoms with E-state index in [2.05, 4.69) is 18.6 Å². The topological polar surface area (TPSA) is 78.9 Å². The van der Waals surface area contributed by atoms with Crippen LogP contribution >= 0.6 is 0 Å². The molecule has 0 bridgehead atoms. The Balaban J connectivity index is 2.42. The number of nitrogens with zero attached hydrogens (tertiary/aromatic N) is 1. The number of nitrogens with one attached hydrogen (secondary N) is 1. The highest BCUT2D eigenvalue weighted by molar-refractivity contribution is 7.87. The molecule has 0 radical (unpaired) electrons. The Hall–Kier alpha value is -0.210. The quantitative estimate of drug-likeness (QED) is 0.703. The molecule has 0 saturated carbocycles. The summed E-state index contributed by atoms with van der Waals surface area (Å²) >= 11 is 0. The lowest BCUT2D eigenvalue weighted by Crippen LogP contribution is -2.48. The minimum absolute atomic E-state index is 0.222. The van der Waals surface area contributed by atoms with Gasteiger partial charge < -0.3 is 9.84 Å². The number of hydrogen-bond donors (Lipinski definition) is 2. The normalized spacial score (nSPS) is 27.4. The largest absolute Gasteiger partial charge is 0.391 e. The molecule has 114 valence electrons. The molecule has 0 aromatic heterocycles. The van der Waals surface area contributed by atoms with E-state index in [1.807, 2.05) is 0 Å². The number of aliphatic hydroxyl groups excluding tert-OH is 1. The van der Waals surface area contributed by atoms with Crippen LogP contribution in [-0.2, 0) is 14.9 Å². The number of piperidine rings is 1. The van der Waals surface area contributed by atoms with Gasteiger partial charge in [0.15, 0.2) is 0 Å². The van der Waals surface area contributed by atoms with Gasteiger partial charge in [0.05, 0.1) is 12.7 Å². The van der Waals surface area contributed by atoms with Gasteiger partial charge in [-0.2, -0.15) is 12.7 Å². The third kappa shape index (κ3) is 5.74. The lowest BCUT2D eigenvalue weighted by atomic mass is 9.94. The molecule has 7 heteroatoms. The lowest BCUT2D eigenvalue weighted by Gasteiger charge is -2.34. The van der Waals surface area contributed by atoms with E-state index in [9.17, 15) is 13.5 Å². The van der Waals surface area contributed by atoms with Crippen LogP contribution in [0.2, 0.25) is 0 Å². The molecular weight excluding hydrogens is 268 g/mol. The monoisotopic (exact) mass is 294 g/mol. The van der Waals surface area contributed by atoms with Crippen LogP contribution in [0, 0.1) is 11.8 Å². The zero-order valence-corrected chi connectivity index (χ0v) is 12.8. The fourth-order valence-electron chi connectivity index (χ4n) is 2.52. The molecule has 0 aromatic carbocycles. The molecule has 19 heavy (non-hydrogen) atoms. The van der Waals surface area contributed by atoms with E-state index in [1.54, 1.807) is 0 Å². The standard InChI is InChI=1S/C12H26N2O4S/c1-10-6-11(2)8-14(7-10)19(16,17)13-5-4-12(15)9-18-3/h10-13,15H,4-9H2,1-3H3. The van der Waals surface area contributed by atoms with E-state index in [0.29, 0.717) is 31.3 Å². The van der Waals surface area contributed by atoms with Crippen LogP contribution in [0.15, 0.2) is 0 Å². The molecule has 2 N–H and O–H groups in total. The lowest BCUT2D eigenvalue weighted by molar-refractivity contribution is 0.0602. The Morgan fingerprint density at radius 3 is 2.47 bits per heavy atom. The minimum Gasteiger partial charge on any atom is -0.391 e. The van der Waals surface area contributed by atoms with Crippen LogP contribution in [0.1, 0.15) is 26.7 Å². The molecule has 0 aromatic rings. The number of ether oxygens (including phenoxy) is 1. The van der Waals surface area contributed by atoms with Gasteiger partial charge in [0.25, 0.3) is 10.2 Å². The van der Waals surface area contributed by atoms with Gasteiger partial charge in [-0.3, -0.25) is 0 Å². The second-order valence-electron chi connectivity index (χ2n) is 5.56. The van der Waals surface area contributed by atoms with Crippen molar-refractivity contribution in [3.8, 4) is 0 Å². The Morgan fingerprint density at radius 2 is 1.95 bits per heavy atom. The maximum absolute atomic E-state index is 12.1. The predicted molar refractivity (Wildman–Crippen MR) is 73.9 cm³/mol. The van der Waals surface area contributed by atoms with E-state index in [-0.39, 0.29) is 13.2 Å². The van der Waals surface area contributed by atoms with Gasteiger partial charge in [-0.05, 0) is 24.7 Å². The van der Waals surface area contributed by atoms with Gasteiger partial charge in [-0.1, -0.05) is 13.8 Å². The van der Waals surface area contributed by atoms with Crippen LogP contribution in [0.4, 0.5) is 0 Å². The Bertz CT molecular complexity index is 351. The molecule has 6 nitrogen and oxygen atoms in total. The maximum Gasteiger partial charge on any atom is 0.279 e. The molecule has 0 amide bonds. The number of aliphatic hydroxyl groups is 1. The van der Waals surface area contributed by atoms with Gasteiger partial charge >= 0.3 is 0 Å². The molecule has 1 aliphatic heterocycles. The molecular formula is C12H26N2O4S. The summed E-state index contributed by atoms with van der Waals surface area (Å²) in [6.45, 7) is 5.73. The first-order valence-corrected chi connectivity index (χ1v) is 8.21. The fourth-order valence-corrected chi connectivity index (χ4v) is 3.98. The van der Waals surface area contributed by atoms with Crippen molar-refractivity contribution in [1.82, 2.24) is 9.03 Å². The molecule has 3 atom stereocenters. The fraction of sp³-hybridized carbons (Fsp3) is 1.00. The number of methoxy groups -OCH3 is 1. The highest BCUT2D eigenvalue weighted by Crippen LogP contribution is 2.22. The molecule has 3 unspecified atom stereocenters. The summed E-state index contributed by atoms with van der Waals surface area (Å²) in [4.78, 5) is 0. The summed E-state index contributed by atoms with van der Waals surface area (Å²) in [5.74, 6) is 0.777. The van der Waals surface area contributed by atoms with Gasteiger partial charge in [0.1, 0.15) is 0 Å². The first-order valence-electron chi connectivity index (χ1n) is 6.77. The second kappa shape index (κ2) is 7.54. The average Bonchev–Trinajstić information content (AvgIpc) is 2.27. The minimum atomic E-state index is -3.43. The summed E-state index contributed by atoms with van der Waals surface area (Å²) in [5, 5.41) is 9.47. The van der Waals surface area contributed by atoms with Gasteiger partial charge in [0.2, 0.25) is 0 Å². The zero-order chi connectivity index (χ0) is 14.5. The Kier molecular flexibility index (Phi) is 6.68. The van der Waals surface area contributed by atoms with Crippen LogP contribution in [0.3, 0.4) is 0 Å². The van der Waals surface area contributed by atoms with E-state index in [4.69, 9.17) is 4.74 Å². The number of rotatable bonds is 7. The summed E-state index contributed by atoms with van der Waals surface area (Å²) < 4.78 is 33.1. The van der Waals surface area contributed by atoms with Crippen molar-refractivity contribution in [2.45, 2.75) is 32.8 Å². The summed E-state index contributed by atoms with van der Waals surface area (Å²) in [6.07, 6.45) is 0.789. The first kappa shape index (κ1) is 16.8. The van der Waals surface area contributed by atoms with Gasteiger partial charge in [-0.25, -0.2) is 4.72 Å². The number of hydrogen-bond acceptors (Lipinski definition) is 4. The molecule has 1 saturated heterocycles. The average molecular weight is 294 g/mol. The molecule has 1 heterocycles. The second-order valence-corrected chi connectivity index (χ2v) is 7.32. The van der Waals surface area contributed by atoms with Crippen molar-refractivity contribution in [2.24, 2.45) is 11.8 Å². The van der Waals surface area contributed by atoms with E-state index < -0.39 is 16.3 Å². The van der Waals surface area contributed by atoms with E-state index in [1.165, 1.54) is 11.4 Å². The highest BCUT2D eigenvalue weighted by Gasteiger charge is 2.30.